The first kappa shape index (κ1) is 40.6. The molecule has 2 aromatic rings. The van der Waals surface area contributed by atoms with E-state index in [0.29, 0.717) is 37.6 Å². The van der Waals surface area contributed by atoms with Crippen LogP contribution in [0.15, 0.2) is 30.1 Å². The standard InChI is InChI=1S/C46H71N5O4/c1-27(2)30(5)41(9)18-19-43(11)32-14-15-35-42(10)23-54-25-46(35,33(32)16-17-44(43,12)36(41)39(52)53)22-34(37(42)55-24-45(13,47)40(6,7)8)51-38(48-26-49-51)31-20-28(3)50-29(4)21-31/h16,20-21,26-27,30,32,34-37H,14-15,17-19,22-25,47H2,1-13H3,(H,52,53)/t30-,32+,34-,35+,36-,37+,41-,42-,43-,44+,45+,46+/m1/s1. The molecule has 3 N–H and O–H groups in total. The number of rotatable bonds is 8. The maximum absolute atomic E-state index is 13.6. The summed E-state index contributed by atoms with van der Waals surface area (Å²) in [5, 5.41) is 16.2. The second-order valence-electron chi connectivity index (χ2n) is 21.7. The number of hydrogen-bond donors (Lipinski definition) is 2. The Kier molecular flexibility index (Phi) is 9.74. The molecule has 12 atom stereocenters. The smallest absolute Gasteiger partial charge is 0.307 e. The first-order valence-corrected chi connectivity index (χ1v) is 21.2. The Morgan fingerprint density at radius 3 is 2.33 bits per heavy atom. The summed E-state index contributed by atoms with van der Waals surface area (Å²) in [7, 11) is 0. The fraction of sp³-hybridized carbons (Fsp3) is 0.783. The van der Waals surface area contributed by atoms with E-state index < -0.39 is 17.4 Å². The van der Waals surface area contributed by atoms with Gasteiger partial charge < -0.3 is 20.3 Å². The topological polar surface area (TPSA) is 125 Å². The number of carboxylic acid groups (broad SMARTS) is 1. The number of hydrogen-bond acceptors (Lipinski definition) is 7. The van der Waals surface area contributed by atoms with Gasteiger partial charge >= 0.3 is 5.97 Å². The zero-order chi connectivity index (χ0) is 40.3. The lowest BCUT2D eigenvalue weighted by Crippen LogP contribution is -2.69. The van der Waals surface area contributed by atoms with E-state index >= 15 is 0 Å². The van der Waals surface area contributed by atoms with Crippen LogP contribution in [0.25, 0.3) is 11.4 Å². The van der Waals surface area contributed by atoms with Crippen LogP contribution in [0, 0.1) is 75.9 Å². The van der Waals surface area contributed by atoms with Crippen LogP contribution in [0.2, 0.25) is 0 Å². The van der Waals surface area contributed by atoms with Crippen LogP contribution in [-0.2, 0) is 14.3 Å². The van der Waals surface area contributed by atoms with Crippen molar-refractivity contribution in [3.05, 3.63) is 41.5 Å². The highest BCUT2D eigenvalue weighted by Gasteiger charge is 2.72. The molecule has 1 saturated heterocycles. The Hall–Kier alpha value is -2.62. The molecular formula is C46H71N5O4. The van der Waals surface area contributed by atoms with Crippen LogP contribution in [0.1, 0.15) is 132 Å². The number of aromatic nitrogens is 4. The minimum Gasteiger partial charge on any atom is -0.481 e. The maximum atomic E-state index is 13.6. The van der Waals surface area contributed by atoms with E-state index in [4.69, 9.17) is 25.3 Å². The summed E-state index contributed by atoms with van der Waals surface area (Å²) in [5.74, 6) is 1.12. The second kappa shape index (κ2) is 13.2. The molecule has 9 heteroatoms. The van der Waals surface area contributed by atoms with Gasteiger partial charge in [0, 0.05) is 33.3 Å². The van der Waals surface area contributed by atoms with Crippen molar-refractivity contribution in [1.82, 2.24) is 19.7 Å². The van der Waals surface area contributed by atoms with Crippen molar-refractivity contribution in [1.29, 1.82) is 0 Å². The summed E-state index contributed by atoms with van der Waals surface area (Å²) in [6, 6.07) is 4.09. The molecule has 7 rings (SSSR count). The number of carbonyl (C=O) groups is 1. The van der Waals surface area contributed by atoms with Crippen LogP contribution < -0.4 is 5.73 Å². The summed E-state index contributed by atoms with van der Waals surface area (Å²) in [4.78, 5) is 23.2. The van der Waals surface area contributed by atoms with Gasteiger partial charge in [-0.25, -0.2) is 9.67 Å². The van der Waals surface area contributed by atoms with E-state index in [2.05, 4.69) is 104 Å². The number of allylic oxidation sites excluding steroid dienone is 1. The first-order chi connectivity index (χ1) is 25.5. The Morgan fingerprint density at radius 2 is 1.71 bits per heavy atom. The van der Waals surface area contributed by atoms with Crippen molar-refractivity contribution in [3.63, 3.8) is 0 Å². The number of pyridine rings is 1. The molecule has 0 amide bonds. The van der Waals surface area contributed by atoms with Gasteiger partial charge in [-0.3, -0.25) is 9.78 Å². The van der Waals surface area contributed by atoms with Gasteiger partial charge in [-0.15, -0.1) is 0 Å². The number of nitrogens with zero attached hydrogens (tertiary/aromatic N) is 4. The van der Waals surface area contributed by atoms with E-state index in [0.717, 1.165) is 61.3 Å². The summed E-state index contributed by atoms with van der Waals surface area (Å²) in [6.07, 6.45) is 9.67. The van der Waals surface area contributed by atoms with E-state index in [1.165, 1.54) is 5.57 Å². The maximum Gasteiger partial charge on any atom is 0.307 e. The first-order valence-electron chi connectivity index (χ1n) is 21.2. The molecule has 0 unspecified atom stereocenters. The van der Waals surface area contributed by atoms with E-state index in [-0.39, 0.29) is 50.6 Å². The van der Waals surface area contributed by atoms with Crippen LogP contribution >= 0.6 is 0 Å². The van der Waals surface area contributed by atoms with Gasteiger partial charge in [0.2, 0.25) is 0 Å². The van der Waals surface area contributed by atoms with Crippen LogP contribution in [0.5, 0.6) is 0 Å². The molecule has 0 aromatic carbocycles. The van der Waals surface area contributed by atoms with Gasteiger partial charge in [-0.2, -0.15) is 5.10 Å². The molecule has 55 heavy (non-hydrogen) atoms. The third-order valence-corrected chi connectivity index (χ3v) is 17.6. The molecule has 0 spiro atoms. The van der Waals surface area contributed by atoms with E-state index in [1.807, 2.05) is 13.8 Å². The van der Waals surface area contributed by atoms with Crippen molar-refractivity contribution in [2.24, 2.45) is 67.8 Å². The summed E-state index contributed by atoms with van der Waals surface area (Å²) in [5.41, 5.74) is 9.36. The Labute approximate surface area is 331 Å². The van der Waals surface area contributed by atoms with E-state index in [9.17, 15) is 9.90 Å². The number of ether oxygens (including phenoxy) is 2. The van der Waals surface area contributed by atoms with E-state index in [1.54, 1.807) is 6.33 Å². The predicted octanol–water partition coefficient (Wildman–Crippen LogP) is 9.24. The van der Waals surface area contributed by atoms with Gasteiger partial charge in [-0.05, 0) is 117 Å². The fourth-order valence-corrected chi connectivity index (χ4v) is 13.3. The van der Waals surface area contributed by atoms with Crippen LogP contribution in [0.3, 0.4) is 0 Å². The van der Waals surface area contributed by atoms with Gasteiger partial charge in [0.05, 0.1) is 37.9 Å². The van der Waals surface area contributed by atoms with Crippen molar-refractivity contribution in [3.8, 4) is 11.4 Å². The molecule has 0 radical (unpaired) electrons. The summed E-state index contributed by atoms with van der Waals surface area (Å²) < 4.78 is 16.2. The molecule has 304 valence electrons. The number of aryl methyl sites for hydroxylation is 2. The van der Waals surface area contributed by atoms with Crippen molar-refractivity contribution in [2.75, 3.05) is 19.8 Å². The summed E-state index contributed by atoms with van der Waals surface area (Å²) in [6.45, 7) is 30.7. The molecule has 2 bridgehead atoms. The Bertz CT molecular complexity index is 1820. The zero-order valence-corrected chi connectivity index (χ0v) is 36.3. The lowest BCUT2D eigenvalue weighted by atomic mass is 9.34. The largest absolute Gasteiger partial charge is 0.481 e. The minimum absolute atomic E-state index is 0.124. The second-order valence-corrected chi connectivity index (χ2v) is 21.7. The van der Waals surface area contributed by atoms with Crippen molar-refractivity contribution in [2.45, 2.75) is 146 Å². The third-order valence-electron chi connectivity index (χ3n) is 17.6. The Morgan fingerprint density at radius 1 is 1.04 bits per heavy atom. The monoisotopic (exact) mass is 758 g/mol. The highest BCUT2D eigenvalue weighted by molar-refractivity contribution is 5.73. The summed E-state index contributed by atoms with van der Waals surface area (Å²) >= 11 is 0. The molecule has 1 aliphatic heterocycles. The lowest BCUT2D eigenvalue weighted by molar-refractivity contribution is -0.253. The molecule has 3 heterocycles. The van der Waals surface area contributed by atoms with Crippen LogP contribution in [0.4, 0.5) is 0 Å². The lowest BCUT2D eigenvalue weighted by Gasteiger charge is -2.71. The fourth-order valence-electron chi connectivity index (χ4n) is 13.3. The number of carboxylic acids is 1. The molecular weight excluding hydrogens is 687 g/mol. The molecule has 3 saturated carbocycles. The van der Waals surface area contributed by atoms with Gasteiger partial charge in [0.1, 0.15) is 6.33 Å². The third kappa shape index (κ3) is 5.85. The van der Waals surface area contributed by atoms with Gasteiger partial charge in [0.25, 0.3) is 0 Å². The quantitative estimate of drug-likeness (QED) is 0.256. The van der Waals surface area contributed by atoms with Crippen molar-refractivity contribution < 1.29 is 19.4 Å². The number of fused-ring (bicyclic) bond motifs is 3. The minimum atomic E-state index is -0.624. The highest BCUT2D eigenvalue weighted by atomic mass is 16.5. The molecule has 9 nitrogen and oxygen atoms in total. The SMILES string of the molecule is Cc1cc(-c2ncnn2[C@@H]2C[C@@]34COC[C@](C)([C@@H]3CC[C@H]3C4=CC[C@@]4(C)[C@H](C(=O)O)[C@@](C)([C@H](C)C(C)C)CC[C@]34C)[C@H]2OC[C@](C)(N)C(C)(C)C)cc(C)n1. The average Bonchev–Trinajstić information content (AvgIpc) is 3.56. The van der Waals surface area contributed by atoms with Crippen LogP contribution in [-0.4, -0.2) is 62.3 Å². The predicted molar refractivity (Wildman–Crippen MR) is 217 cm³/mol. The zero-order valence-electron chi connectivity index (χ0n) is 36.3. The van der Waals surface area contributed by atoms with Gasteiger partial charge in [-0.1, -0.05) is 80.9 Å². The van der Waals surface area contributed by atoms with Crippen molar-refractivity contribution >= 4 is 5.97 Å². The number of aliphatic carboxylic acids is 1. The molecule has 4 aliphatic carbocycles. The molecule has 5 aliphatic rings. The number of nitrogens with two attached hydrogens (primary N) is 1. The van der Waals surface area contributed by atoms with Gasteiger partial charge in [0.15, 0.2) is 5.82 Å². The normalized spacial score (nSPS) is 40.3. The Balaban J connectivity index is 1.36. The highest BCUT2D eigenvalue weighted by Crippen LogP contribution is 2.75. The average molecular weight is 758 g/mol. The molecule has 4 fully saturated rings. The molecule has 2 aromatic heterocycles.